The molecule has 0 aliphatic carbocycles. The summed E-state index contributed by atoms with van der Waals surface area (Å²) >= 11 is 6.01. The fraction of sp³-hybridized carbons (Fsp3) is 0.615. The van der Waals surface area contributed by atoms with Gasteiger partial charge in [-0.2, -0.15) is 0 Å². The van der Waals surface area contributed by atoms with E-state index in [0.29, 0.717) is 18.4 Å². The Hall–Kier alpha value is -1.40. The molecule has 2 N–H and O–H groups in total. The number of hydrogen-bond acceptors (Lipinski definition) is 5. The molecule has 0 amide bonds. The van der Waals surface area contributed by atoms with Gasteiger partial charge < -0.3 is 10.6 Å². The lowest BCUT2D eigenvalue weighted by atomic mass is 9.77. The Balaban J connectivity index is 2.02. The molecule has 1 aliphatic rings. The molecule has 0 saturated carbocycles. The molecule has 7 heteroatoms. The summed E-state index contributed by atoms with van der Waals surface area (Å²) < 4.78 is 0. The van der Waals surface area contributed by atoms with Crippen LogP contribution in [0.2, 0.25) is 5.02 Å². The van der Waals surface area contributed by atoms with Gasteiger partial charge in [0.25, 0.3) is 5.69 Å². The molecule has 1 aromatic rings. The molecule has 1 atom stereocenters. The smallest absolute Gasteiger partial charge is 0.289 e. The zero-order chi connectivity index (χ0) is 14.8. The van der Waals surface area contributed by atoms with Crippen molar-refractivity contribution in [1.82, 2.24) is 10.3 Å². The summed E-state index contributed by atoms with van der Waals surface area (Å²) in [5, 5.41) is 17.6. The Morgan fingerprint density at radius 1 is 1.65 bits per heavy atom. The second-order valence-electron chi connectivity index (χ2n) is 5.76. The number of hydrogen-bond donors (Lipinski definition) is 2. The summed E-state index contributed by atoms with van der Waals surface area (Å²) in [6.07, 6.45) is 3.57. The lowest BCUT2D eigenvalue weighted by molar-refractivity contribution is -0.385. The Labute approximate surface area is 123 Å². The van der Waals surface area contributed by atoms with Gasteiger partial charge in [-0.05, 0) is 24.8 Å². The average molecular weight is 299 g/mol. The van der Waals surface area contributed by atoms with Gasteiger partial charge in [0.1, 0.15) is 12.0 Å². The van der Waals surface area contributed by atoms with Gasteiger partial charge in [-0.1, -0.05) is 25.4 Å². The predicted octanol–water partition coefficient (Wildman–Crippen LogP) is 2.83. The van der Waals surface area contributed by atoms with Gasteiger partial charge in [-0.3, -0.25) is 10.1 Å². The first-order valence-corrected chi connectivity index (χ1v) is 7.05. The number of nitro groups is 1. The van der Waals surface area contributed by atoms with Crippen molar-refractivity contribution in [3.63, 3.8) is 0 Å². The summed E-state index contributed by atoms with van der Waals surface area (Å²) in [5.41, 5.74) is 0.107. The van der Waals surface area contributed by atoms with Crippen LogP contribution in [-0.4, -0.2) is 29.0 Å². The summed E-state index contributed by atoms with van der Waals surface area (Å²) in [6, 6.07) is 1.64. The molecule has 1 aromatic heterocycles. The second kappa shape index (κ2) is 5.93. The molecular weight excluding hydrogens is 280 g/mol. The number of pyridine rings is 1. The van der Waals surface area contributed by atoms with Crippen LogP contribution in [0.25, 0.3) is 0 Å². The van der Waals surface area contributed by atoms with Crippen LogP contribution in [0.4, 0.5) is 11.5 Å². The Bertz CT molecular complexity index is 507. The van der Waals surface area contributed by atoms with Crippen LogP contribution in [0.15, 0.2) is 12.3 Å². The molecule has 1 aliphatic heterocycles. The standard InChI is InChI=1S/C13H19ClN4O2/c1-13(2)4-3-5-15-11(13)8-17-12-10(14)6-9(7-16-12)18(19)20/h6-7,11,15H,3-5,8H2,1-2H3,(H,16,17). The van der Waals surface area contributed by atoms with Gasteiger partial charge >= 0.3 is 0 Å². The summed E-state index contributed by atoms with van der Waals surface area (Å²) in [5.74, 6) is 0.487. The van der Waals surface area contributed by atoms with Crippen LogP contribution in [0.3, 0.4) is 0 Å². The third-order valence-electron chi connectivity index (χ3n) is 3.84. The first-order chi connectivity index (χ1) is 9.40. The van der Waals surface area contributed by atoms with Crippen molar-refractivity contribution in [3.05, 3.63) is 27.4 Å². The van der Waals surface area contributed by atoms with Crippen molar-refractivity contribution >= 4 is 23.1 Å². The van der Waals surface area contributed by atoms with Gasteiger partial charge in [0.2, 0.25) is 0 Å². The summed E-state index contributed by atoms with van der Waals surface area (Å²) in [7, 11) is 0. The molecular formula is C13H19ClN4O2. The third-order valence-corrected chi connectivity index (χ3v) is 4.13. The highest BCUT2D eigenvalue weighted by Gasteiger charge is 2.31. The van der Waals surface area contributed by atoms with Crippen LogP contribution < -0.4 is 10.6 Å². The monoisotopic (exact) mass is 298 g/mol. The van der Waals surface area contributed by atoms with E-state index in [2.05, 4.69) is 29.5 Å². The highest BCUT2D eigenvalue weighted by molar-refractivity contribution is 6.33. The van der Waals surface area contributed by atoms with E-state index in [1.54, 1.807) is 0 Å². The predicted molar refractivity (Wildman–Crippen MR) is 79.2 cm³/mol. The molecule has 110 valence electrons. The molecule has 1 saturated heterocycles. The van der Waals surface area contributed by atoms with E-state index >= 15 is 0 Å². The Kier molecular flexibility index (Phi) is 4.45. The number of anilines is 1. The Morgan fingerprint density at radius 3 is 3.00 bits per heavy atom. The molecule has 0 spiro atoms. The minimum Gasteiger partial charge on any atom is -0.367 e. The Morgan fingerprint density at radius 2 is 2.40 bits per heavy atom. The van der Waals surface area contributed by atoms with Crippen LogP contribution in [0.5, 0.6) is 0 Å². The van der Waals surface area contributed by atoms with E-state index in [-0.39, 0.29) is 16.1 Å². The highest BCUT2D eigenvalue weighted by Crippen LogP contribution is 2.31. The van der Waals surface area contributed by atoms with Gasteiger partial charge in [-0.15, -0.1) is 0 Å². The van der Waals surface area contributed by atoms with E-state index in [4.69, 9.17) is 11.6 Å². The number of piperidine rings is 1. The molecule has 2 heterocycles. The van der Waals surface area contributed by atoms with Crippen LogP contribution in [0.1, 0.15) is 26.7 Å². The summed E-state index contributed by atoms with van der Waals surface area (Å²) in [4.78, 5) is 14.1. The molecule has 6 nitrogen and oxygen atoms in total. The SMILES string of the molecule is CC1(C)CCCNC1CNc1ncc([N+](=O)[O-])cc1Cl. The van der Waals surface area contributed by atoms with E-state index in [9.17, 15) is 10.1 Å². The lowest BCUT2D eigenvalue weighted by Gasteiger charge is -2.39. The van der Waals surface area contributed by atoms with Gasteiger partial charge in [0.05, 0.1) is 9.95 Å². The number of nitrogens with one attached hydrogen (secondary N) is 2. The first kappa shape index (κ1) is 15.0. The molecule has 1 fully saturated rings. The van der Waals surface area contributed by atoms with E-state index in [1.807, 2.05) is 0 Å². The van der Waals surface area contributed by atoms with E-state index in [0.717, 1.165) is 6.54 Å². The minimum atomic E-state index is -0.505. The van der Waals surface area contributed by atoms with Crippen molar-refractivity contribution in [2.75, 3.05) is 18.4 Å². The zero-order valence-electron chi connectivity index (χ0n) is 11.6. The van der Waals surface area contributed by atoms with Crippen molar-refractivity contribution in [2.45, 2.75) is 32.7 Å². The number of aromatic nitrogens is 1. The topological polar surface area (TPSA) is 80.1 Å². The van der Waals surface area contributed by atoms with Crippen molar-refractivity contribution in [3.8, 4) is 0 Å². The normalized spacial score (nSPS) is 21.4. The fourth-order valence-electron chi connectivity index (χ4n) is 2.48. The van der Waals surface area contributed by atoms with Gasteiger partial charge in [-0.25, -0.2) is 4.98 Å². The average Bonchev–Trinajstić information content (AvgIpc) is 2.38. The maximum atomic E-state index is 10.6. The van der Waals surface area contributed by atoms with Crippen molar-refractivity contribution < 1.29 is 4.92 Å². The number of rotatable bonds is 4. The molecule has 1 unspecified atom stereocenters. The van der Waals surface area contributed by atoms with Crippen LogP contribution >= 0.6 is 11.6 Å². The van der Waals surface area contributed by atoms with Crippen LogP contribution in [-0.2, 0) is 0 Å². The lowest BCUT2D eigenvalue weighted by Crippen LogP contribution is -2.50. The highest BCUT2D eigenvalue weighted by atomic mass is 35.5. The number of halogens is 1. The van der Waals surface area contributed by atoms with Crippen molar-refractivity contribution in [2.24, 2.45) is 5.41 Å². The van der Waals surface area contributed by atoms with Gasteiger partial charge in [0.15, 0.2) is 0 Å². The van der Waals surface area contributed by atoms with E-state index in [1.165, 1.54) is 25.1 Å². The number of nitrogens with zero attached hydrogens (tertiary/aromatic N) is 2. The molecule has 0 aromatic carbocycles. The largest absolute Gasteiger partial charge is 0.367 e. The maximum Gasteiger partial charge on any atom is 0.289 e. The van der Waals surface area contributed by atoms with Gasteiger partial charge in [0, 0.05) is 18.7 Å². The fourth-order valence-corrected chi connectivity index (χ4v) is 2.70. The first-order valence-electron chi connectivity index (χ1n) is 6.67. The quantitative estimate of drug-likeness (QED) is 0.660. The molecule has 0 bridgehead atoms. The third kappa shape index (κ3) is 3.37. The van der Waals surface area contributed by atoms with E-state index < -0.39 is 4.92 Å². The van der Waals surface area contributed by atoms with Crippen molar-refractivity contribution in [1.29, 1.82) is 0 Å². The summed E-state index contributed by atoms with van der Waals surface area (Å²) in [6.45, 7) is 6.17. The molecule has 20 heavy (non-hydrogen) atoms. The van der Waals surface area contributed by atoms with Crippen LogP contribution in [0, 0.1) is 15.5 Å². The minimum absolute atomic E-state index is 0.100. The maximum absolute atomic E-state index is 10.6. The second-order valence-corrected chi connectivity index (χ2v) is 6.17. The molecule has 2 rings (SSSR count). The zero-order valence-corrected chi connectivity index (χ0v) is 12.4. The molecule has 0 radical (unpaired) electrons.